The van der Waals surface area contributed by atoms with Crippen molar-refractivity contribution in [3.05, 3.63) is 48.6 Å². The van der Waals surface area contributed by atoms with Crippen LogP contribution in [-0.4, -0.2) is 88.6 Å². The highest BCUT2D eigenvalue weighted by molar-refractivity contribution is 5.69. The number of piperidine rings is 1. The summed E-state index contributed by atoms with van der Waals surface area (Å²) in [7, 11) is 0. The molecule has 1 heterocycles. The topological polar surface area (TPSA) is 110 Å². The average molecular weight is 832 g/mol. The summed E-state index contributed by atoms with van der Waals surface area (Å²) in [6, 6.07) is 0. The number of carbonyl (C=O) groups excluding carboxylic acids is 3. The number of rotatable bonds is 38. The summed E-state index contributed by atoms with van der Waals surface area (Å²) in [5.74, 6) is -0.985. The normalized spacial score (nSPS) is 15.6. The summed E-state index contributed by atoms with van der Waals surface area (Å²) in [6.45, 7) is 12.7. The lowest BCUT2D eigenvalue weighted by molar-refractivity contribution is -0.160. The number of likely N-dealkylation sites (tertiary alicyclic amines) is 1. The molecule has 1 rings (SSSR count). The number of esters is 2. The standard InChI is InChI=1S/C49H85NO9/c1-5-9-12-15-16-17-18-19-20-21-22-23-24-25-28-33-46(51)56-41-45(43-59-49(53)58-40-44-32-31-36-50(8-4)39-44)42-57-47(52)34-35-48(54-37-29-26-13-10-6-2)55-38-30-27-14-11-7-3/h13-14,16-17,19-20,26-27,44-45,48H,5-12,15,18,21-25,28-43H2,1-4H3/b17-16-,20-19-,26-13-,27-14-. The minimum absolute atomic E-state index is 0.0281. The van der Waals surface area contributed by atoms with Gasteiger partial charge in [-0.1, -0.05) is 121 Å². The second kappa shape index (κ2) is 40.5. The van der Waals surface area contributed by atoms with Gasteiger partial charge in [0.05, 0.1) is 32.2 Å². The lowest BCUT2D eigenvalue weighted by Crippen LogP contribution is -2.37. The van der Waals surface area contributed by atoms with Crippen LogP contribution in [0.4, 0.5) is 4.79 Å². The first-order valence-electron chi connectivity index (χ1n) is 23.6. The van der Waals surface area contributed by atoms with E-state index in [4.69, 9.17) is 28.4 Å². The van der Waals surface area contributed by atoms with Gasteiger partial charge >= 0.3 is 18.1 Å². The van der Waals surface area contributed by atoms with Gasteiger partial charge in [0, 0.05) is 25.3 Å². The lowest BCUT2D eigenvalue weighted by atomic mass is 9.99. The average Bonchev–Trinajstić information content (AvgIpc) is 3.25. The zero-order chi connectivity index (χ0) is 42.9. The Morgan fingerprint density at radius 1 is 0.593 bits per heavy atom. The maximum atomic E-state index is 12.9. The summed E-state index contributed by atoms with van der Waals surface area (Å²) in [4.78, 5) is 40.5. The van der Waals surface area contributed by atoms with Crippen molar-refractivity contribution < 1.29 is 42.8 Å². The molecule has 1 saturated heterocycles. The number of nitrogens with zero attached hydrogens (tertiary/aromatic N) is 1. The Morgan fingerprint density at radius 2 is 1.15 bits per heavy atom. The Balaban J connectivity index is 2.55. The van der Waals surface area contributed by atoms with Gasteiger partial charge in [-0.25, -0.2) is 4.79 Å². The zero-order valence-corrected chi connectivity index (χ0v) is 37.9. The highest BCUT2D eigenvalue weighted by Gasteiger charge is 2.22. The molecule has 0 aromatic rings. The van der Waals surface area contributed by atoms with Crippen LogP contribution < -0.4 is 0 Å². The fourth-order valence-electron chi connectivity index (χ4n) is 6.57. The van der Waals surface area contributed by atoms with Crippen LogP contribution in [0.5, 0.6) is 0 Å². The molecular formula is C49H85NO9. The van der Waals surface area contributed by atoms with Gasteiger partial charge in [-0.2, -0.15) is 0 Å². The molecule has 0 aromatic heterocycles. The molecule has 1 aliphatic heterocycles. The van der Waals surface area contributed by atoms with Crippen LogP contribution >= 0.6 is 0 Å². The van der Waals surface area contributed by atoms with Crippen LogP contribution in [0, 0.1) is 11.8 Å². The molecule has 2 atom stereocenters. The van der Waals surface area contributed by atoms with Gasteiger partial charge in [0.2, 0.25) is 0 Å². The number of allylic oxidation sites excluding steroid dienone is 6. The third kappa shape index (κ3) is 34.5. The third-order valence-corrected chi connectivity index (χ3v) is 10.2. The van der Waals surface area contributed by atoms with E-state index in [1.807, 2.05) is 0 Å². The fourth-order valence-corrected chi connectivity index (χ4v) is 6.57. The van der Waals surface area contributed by atoms with Crippen LogP contribution in [0.1, 0.15) is 169 Å². The Bertz CT molecular complexity index is 1110. The second-order valence-electron chi connectivity index (χ2n) is 15.8. The monoisotopic (exact) mass is 832 g/mol. The molecule has 340 valence electrons. The predicted octanol–water partition coefficient (Wildman–Crippen LogP) is 12.0. The molecule has 0 bridgehead atoms. The molecule has 0 radical (unpaired) electrons. The van der Waals surface area contributed by atoms with Crippen LogP contribution in [0.2, 0.25) is 0 Å². The summed E-state index contributed by atoms with van der Waals surface area (Å²) in [5, 5.41) is 0. The van der Waals surface area contributed by atoms with Crippen molar-refractivity contribution in [3.8, 4) is 0 Å². The summed E-state index contributed by atoms with van der Waals surface area (Å²) >= 11 is 0. The molecule has 0 N–H and O–H groups in total. The molecule has 0 spiro atoms. The fraction of sp³-hybridized carbons (Fsp3) is 0.776. The van der Waals surface area contributed by atoms with Gasteiger partial charge in [-0.15, -0.1) is 0 Å². The molecule has 0 aliphatic carbocycles. The van der Waals surface area contributed by atoms with Gasteiger partial charge in [0.25, 0.3) is 0 Å². The SMILES string of the molecule is CCC/C=C\CCOC(CCC(=O)OCC(COC(=O)CCCCCCC/C=C\C/C=C\CCCCC)COC(=O)OCC1CCCN(CC)C1)OCC/C=C\CCC. The Kier molecular flexibility index (Phi) is 37.1. The molecule has 0 saturated carbocycles. The Hall–Kier alpha value is -2.95. The van der Waals surface area contributed by atoms with Crippen molar-refractivity contribution in [2.45, 2.75) is 175 Å². The van der Waals surface area contributed by atoms with Crippen molar-refractivity contribution in [1.82, 2.24) is 4.90 Å². The van der Waals surface area contributed by atoms with E-state index in [1.54, 1.807) is 0 Å². The van der Waals surface area contributed by atoms with Gasteiger partial charge in [0.15, 0.2) is 6.29 Å². The summed E-state index contributed by atoms with van der Waals surface area (Å²) < 4.78 is 34.1. The van der Waals surface area contributed by atoms with E-state index in [0.29, 0.717) is 32.7 Å². The minimum Gasteiger partial charge on any atom is -0.465 e. The predicted molar refractivity (Wildman–Crippen MR) is 239 cm³/mol. The summed E-state index contributed by atoms with van der Waals surface area (Å²) in [5.41, 5.74) is 0. The first kappa shape index (κ1) is 54.1. The van der Waals surface area contributed by atoms with Crippen molar-refractivity contribution in [3.63, 3.8) is 0 Å². The molecule has 2 unspecified atom stereocenters. The largest absolute Gasteiger partial charge is 0.508 e. The lowest BCUT2D eigenvalue weighted by Gasteiger charge is -2.31. The molecule has 10 heteroatoms. The minimum atomic E-state index is -0.766. The van der Waals surface area contributed by atoms with E-state index in [-0.39, 0.29) is 38.1 Å². The van der Waals surface area contributed by atoms with Crippen LogP contribution in [0.15, 0.2) is 48.6 Å². The van der Waals surface area contributed by atoms with E-state index < -0.39 is 24.3 Å². The van der Waals surface area contributed by atoms with Crippen molar-refractivity contribution in [1.29, 1.82) is 0 Å². The second-order valence-corrected chi connectivity index (χ2v) is 15.8. The van der Waals surface area contributed by atoms with E-state index in [1.165, 1.54) is 25.7 Å². The Labute approximate surface area is 359 Å². The number of hydrogen-bond donors (Lipinski definition) is 0. The van der Waals surface area contributed by atoms with Crippen LogP contribution in [-0.2, 0) is 38.0 Å². The molecule has 0 amide bonds. The molecule has 0 aromatic carbocycles. The number of hydrogen-bond acceptors (Lipinski definition) is 10. The highest BCUT2D eigenvalue weighted by Crippen LogP contribution is 2.17. The molecule has 59 heavy (non-hydrogen) atoms. The van der Waals surface area contributed by atoms with Crippen LogP contribution in [0.3, 0.4) is 0 Å². The molecular weight excluding hydrogens is 747 g/mol. The molecule has 10 nitrogen and oxygen atoms in total. The van der Waals surface area contributed by atoms with Gasteiger partial charge in [-0.3, -0.25) is 9.59 Å². The first-order chi connectivity index (χ1) is 28.9. The van der Waals surface area contributed by atoms with E-state index >= 15 is 0 Å². The number of carbonyl (C=O) groups is 3. The van der Waals surface area contributed by atoms with E-state index in [9.17, 15) is 14.4 Å². The zero-order valence-electron chi connectivity index (χ0n) is 37.9. The maximum Gasteiger partial charge on any atom is 0.508 e. The van der Waals surface area contributed by atoms with Gasteiger partial charge in [-0.05, 0) is 90.1 Å². The highest BCUT2D eigenvalue weighted by atomic mass is 16.7. The van der Waals surface area contributed by atoms with Crippen molar-refractivity contribution in [2.75, 3.05) is 59.3 Å². The van der Waals surface area contributed by atoms with Gasteiger partial charge < -0.3 is 33.3 Å². The van der Waals surface area contributed by atoms with Crippen molar-refractivity contribution >= 4 is 18.1 Å². The van der Waals surface area contributed by atoms with E-state index in [2.05, 4.69) is 81.2 Å². The molecule has 1 aliphatic rings. The van der Waals surface area contributed by atoms with Crippen LogP contribution in [0.25, 0.3) is 0 Å². The smallest absolute Gasteiger partial charge is 0.465 e. The van der Waals surface area contributed by atoms with Gasteiger partial charge in [0.1, 0.15) is 19.8 Å². The molecule has 1 fully saturated rings. The Morgan fingerprint density at radius 3 is 1.78 bits per heavy atom. The summed E-state index contributed by atoms with van der Waals surface area (Å²) in [6.07, 6.45) is 37.2. The number of ether oxygens (including phenoxy) is 6. The van der Waals surface area contributed by atoms with E-state index in [0.717, 1.165) is 116 Å². The maximum absolute atomic E-state index is 12.9. The third-order valence-electron chi connectivity index (χ3n) is 10.2. The van der Waals surface area contributed by atoms with Crippen molar-refractivity contribution in [2.24, 2.45) is 11.8 Å². The first-order valence-corrected chi connectivity index (χ1v) is 23.6. The number of unbranched alkanes of at least 4 members (excludes halogenated alkanes) is 10. The quantitative estimate of drug-likeness (QED) is 0.0196.